The second-order valence-electron chi connectivity index (χ2n) is 2.17. The molecule has 0 rings (SSSR count). The van der Waals surface area contributed by atoms with Crippen molar-refractivity contribution in [1.29, 1.82) is 0 Å². The van der Waals surface area contributed by atoms with Crippen molar-refractivity contribution >= 4 is 12.4 Å². The molecule has 49 valence electrons. The molecule has 1 nitrogen and oxygen atoms in total. The third kappa shape index (κ3) is 267. The predicted molar refractivity (Wildman–Crippen MR) is 29.2 cm³/mol. The summed E-state index contributed by atoms with van der Waals surface area (Å²) < 4.78 is 0. The maximum Gasteiger partial charge on any atom is 0.0563 e. The van der Waals surface area contributed by atoms with E-state index in [-0.39, 0.29) is 29.2 Å². The number of hydrogen-bond donors (Lipinski definition) is 1. The first-order chi connectivity index (χ1) is 2.00. The summed E-state index contributed by atoms with van der Waals surface area (Å²) in [4.78, 5) is 0. The van der Waals surface area contributed by atoms with Gasteiger partial charge in [-0.05, 0) is 20.8 Å². The molecule has 0 aliphatic carbocycles. The fraction of sp³-hybridized carbons (Fsp3) is 1.00. The van der Waals surface area contributed by atoms with Crippen LogP contribution in [-0.2, 0) is 16.8 Å². The van der Waals surface area contributed by atoms with E-state index in [0.717, 1.165) is 0 Å². The number of halogens is 1. The molecule has 0 aliphatic heterocycles. The Morgan fingerprint density at radius 2 is 1.14 bits per heavy atom. The van der Waals surface area contributed by atoms with Crippen molar-refractivity contribution in [2.75, 3.05) is 0 Å². The maximum atomic E-state index is 8.52. The first kappa shape index (κ1) is 15.7. The Kier molecular flexibility index (Phi) is 11.0. The van der Waals surface area contributed by atoms with Crippen LogP contribution in [0, 0.1) is 0 Å². The fourth-order valence-corrected chi connectivity index (χ4v) is 0. The fourth-order valence-electron chi connectivity index (χ4n) is 0. The second-order valence-corrected chi connectivity index (χ2v) is 2.17. The van der Waals surface area contributed by atoms with Crippen molar-refractivity contribution in [3.8, 4) is 0 Å². The van der Waals surface area contributed by atoms with Crippen LogP contribution in [0.3, 0.4) is 0 Å². The summed E-state index contributed by atoms with van der Waals surface area (Å²) in [5.41, 5.74) is -0.500. The summed E-state index contributed by atoms with van der Waals surface area (Å²) >= 11 is 0. The Morgan fingerprint density at radius 3 is 1.14 bits per heavy atom. The van der Waals surface area contributed by atoms with Crippen LogP contribution < -0.4 is 0 Å². The van der Waals surface area contributed by atoms with Crippen molar-refractivity contribution in [1.82, 2.24) is 0 Å². The second kappa shape index (κ2) is 4.90. The number of hydrogen-bond acceptors (Lipinski definition) is 1. The van der Waals surface area contributed by atoms with Gasteiger partial charge in [-0.2, -0.15) is 0 Å². The molecule has 0 spiro atoms. The topological polar surface area (TPSA) is 20.2 Å². The van der Waals surface area contributed by atoms with Gasteiger partial charge in [0, 0.05) is 16.8 Å². The summed E-state index contributed by atoms with van der Waals surface area (Å²) in [7, 11) is 0. The van der Waals surface area contributed by atoms with Crippen LogP contribution in [0.5, 0.6) is 0 Å². The van der Waals surface area contributed by atoms with Crippen LogP contribution in [0.25, 0.3) is 0 Å². The van der Waals surface area contributed by atoms with Crippen molar-refractivity contribution in [3.63, 3.8) is 0 Å². The van der Waals surface area contributed by atoms with Crippen LogP contribution in [0.2, 0.25) is 0 Å². The summed E-state index contributed by atoms with van der Waals surface area (Å²) in [6, 6.07) is 0. The Bertz CT molecular complexity index is 27.2. The van der Waals surface area contributed by atoms with E-state index < -0.39 is 5.60 Å². The van der Waals surface area contributed by atoms with E-state index in [1.165, 1.54) is 0 Å². The molecule has 3 heteroatoms. The van der Waals surface area contributed by atoms with Gasteiger partial charge in [0.25, 0.3) is 0 Å². The zero-order valence-corrected chi connectivity index (χ0v) is 6.55. The minimum Gasteiger partial charge on any atom is -0.391 e. The Labute approximate surface area is 61.1 Å². The molecule has 0 aliphatic rings. The molecule has 0 saturated heterocycles. The van der Waals surface area contributed by atoms with Gasteiger partial charge in [0.15, 0.2) is 0 Å². The van der Waals surface area contributed by atoms with Crippen LogP contribution in [0.15, 0.2) is 0 Å². The molecule has 0 saturated carbocycles. The molecule has 0 atom stereocenters. The predicted octanol–water partition coefficient (Wildman–Crippen LogP) is 1.20. The first-order valence-electron chi connectivity index (χ1n) is 1.72. The van der Waals surface area contributed by atoms with E-state index in [2.05, 4.69) is 0 Å². The van der Waals surface area contributed by atoms with Crippen molar-refractivity contribution in [3.05, 3.63) is 0 Å². The first-order valence-corrected chi connectivity index (χ1v) is 1.72. The molecule has 0 heterocycles. The van der Waals surface area contributed by atoms with Crippen LogP contribution in [-0.4, -0.2) is 10.7 Å². The average Bonchev–Trinajstić information content (AvgIpc) is 0.722. The largest absolute Gasteiger partial charge is 0.391 e. The van der Waals surface area contributed by atoms with Gasteiger partial charge in [-0.15, -0.1) is 12.4 Å². The maximum absolute atomic E-state index is 8.52. The van der Waals surface area contributed by atoms with Crippen LogP contribution in [0.1, 0.15) is 20.8 Å². The van der Waals surface area contributed by atoms with Gasteiger partial charge in [0.1, 0.15) is 0 Å². The van der Waals surface area contributed by atoms with Gasteiger partial charge >= 0.3 is 0 Å². The molecule has 0 aromatic heterocycles. The molecule has 0 unspecified atom stereocenters. The van der Waals surface area contributed by atoms with Crippen molar-refractivity contribution < 1.29 is 21.9 Å². The van der Waals surface area contributed by atoms with E-state index in [0.29, 0.717) is 0 Å². The van der Waals surface area contributed by atoms with E-state index in [4.69, 9.17) is 5.11 Å². The van der Waals surface area contributed by atoms with Gasteiger partial charge in [-0.25, -0.2) is 0 Å². The Balaban J connectivity index is -0.0000000800. The molecular formula is C4H11ClCoO. The summed E-state index contributed by atoms with van der Waals surface area (Å²) in [5.74, 6) is 0. The molecule has 0 aromatic carbocycles. The summed E-state index contributed by atoms with van der Waals surface area (Å²) in [6.07, 6.45) is 0. The quantitative estimate of drug-likeness (QED) is 0.578. The smallest absolute Gasteiger partial charge is 0.0563 e. The molecule has 7 heavy (non-hydrogen) atoms. The third-order valence-electron chi connectivity index (χ3n) is 0. The molecule has 0 amide bonds. The monoisotopic (exact) mass is 169 g/mol. The van der Waals surface area contributed by atoms with Crippen molar-refractivity contribution in [2.45, 2.75) is 26.4 Å². The number of rotatable bonds is 0. The molecule has 0 aromatic rings. The summed E-state index contributed by atoms with van der Waals surface area (Å²) in [5, 5.41) is 8.52. The third-order valence-corrected chi connectivity index (χ3v) is 0. The summed E-state index contributed by atoms with van der Waals surface area (Å²) in [6.45, 7) is 5.23. The van der Waals surface area contributed by atoms with E-state index in [9.17, 15) is 0 Å². The van der Waals surface area contributed by atoms with Gasteiger partial charge in [-0.3, -0.25) is 0 Å². The van der Waals surface area contributed by atoms with Gasteiger partial charge in [0.05, 0.1) is 5.60 Å². The van der Waals surface area contributed by atoms with Gasteiger partial charge in [-0.1, -0.05) is 0 Å². The zero-order valence-electron chi connectivity index (χ0n) is 4.69. The van der Waals surface area contributed by atoms with Gasteiger partial charge in [0.2, 0.25) is 0 Å². The SMILES string of the molecule is CC(C)(C)O.Cl.[Co]. The van der Waals surface area contributed by atoms with Crippen LogP contribution in [0.4, 0.5) is 0 Å². The molecular weight excluding hydrogens is 158 g/mol. The van der Waals surface area contributed by atoms with Crippen LogP contribution >= 0.6 is 12.4 Å². The Hall–Kier alpha value is 0.756. The standard InChI is InChI=1S/C4H10O.ClH.Co/c1-4(2,3)5;;/h5H,1-3H3;1H;. The molecule has 1 radical (unpaired) electrons. The van der Waals surface area contributed by atoms with E-state index in [1.807, 2.05) is 0 Å². The minimum absolute atomic E-state index is 0. The minimum atomic E-state index is -0.500. The van der Waals surface area contributed by atoms with E-state index in [1.54, 1.807) is 20.8 Å². The Morgan fingerprint density at radius 1 is 1.14 bits per heavy atom. The van der Waals surface area contributed by atoms with Gasteiger partial charge < -0.3 is 5.11 Å². The van der Waals surface area contributed by atoms with Crippen molar-refractivity contribution in [2.24, 2.45) is 0 Å². The average molecular weight is 170 g/mol. The number of aliphatic hydroxyl groups is 1. The molecule has 1 N–H and O–H groups in total. The molecule has 0 fully saturated rings. The zero-order chi connectivity index (χ0) is 4.50. The van der Waals surface area contributed by atoms with E-state index >= 15 is 0 Å². The normalized spacial score (nSPS) is 8.57. The molecule has 0 bridgehead atoms.